The zero-order valence-electron chi connectivity index (χ0n) is 11.2. The highest BCUT2D eigenvalue weighted by atomic mass is 35.5. The summed E-state index contributed by atoms with van der Waals surface area (Å²) in [6.07, 6.45) is 1.32. The highest BCUT2D eigenvalue weighted by molar-refractivity contribution is 6.30. The number of hydrogen-bond donors (Lipinski definition) is 3. The van der Waals surface area contributed by atoms with Crippen LogP contribution in [-0.4, -0.2) is 22.3 Å². The molecular formula is C15H13ClN2O3. The zero-order valence-corrected chi connectivity index (χ0v) is 11.9. The third-order valence-corrected chi connectivity index (χ3v) is 3.07. The summed E-state index contributed by atoms with van der Waals surface area (Å²) >= 11 is 5.74. The number of nitrogens with one attached hydrogen (secondary N) is 1. The van der Waals surface area contributed by atoms with E-state index in [2.05, 4.69) is 10.5 Å². The van der Waals surface area contributed by atoms with Crippen molar-refractivity contribution in [1.29, 1.82) is 0 Å². The average Bonchev–Trinajstić information content (AvgIpc) is 2.42. The second-order valence-corrected chi connectivity index (χ2v) is 4.84. The molecule has 0 aliphatic rings. The summed E-state index contributed by atoms with van der Waals surface area (Å²) in [7, 11) is 0. The Morgan fingerprint density at radius 1 is 1.24 bits per heavy atom. The summed E-state index contributed by atoms with van der Waals surface area (Å²) in [4.78, 5) is 11.8. The van der Waals surface area contributed by atoms with E-state index in [0.717, 1.165) is 0 Å². The van der Waals surface area contributed by atoms with Crippen LogP contribution in [0.25, 0.3) is 0 Å². The molecule has 3 N–H and O–H groups in total. The molecule has 2 rings (SSSR count). The monoisotopic (exact) mass is 304 g/mol. The summed E-state index contributed by atoms with van der Waals surface area (Å²) < 4.78 is 0. The number of amides is 1. The van der Waals surface area contributed by atoms with Gasteiger partial charge in [0, 0.05) is 22.2 Å². The molecule has 0 saturated carbocycles. The normalized spacial score (nSPS) is 10.8. The van der Waals surface area contributed by atoms with Gasteiger partial charge in [0.1, 0.15) is 11.5 Å². The molecule has 0 atom stereocenters. The van der Waals surface area contributed by atoms with Gasteiger partial charge in [-0.05, 0) is 42.8 Å². The first-order valence-corrected chi connectivity index (χ1v) is 6.46. The molecule has 0 radical (unpaired) electrons. The van der Waals surface area contributed by atoms with Gasteiger partial charge in [-0.25, -0.2) is 5.43 Å². The number of hydrazone groups is 1. The SMILES string of the molecule is Cc1cc(O)cc(O)c1/C=N\NC(=O)c1ccc(Cl)cc1. The number of aromatic hydroxyl groups is 2. The van der Waals surface area contributed by atoms with E-state index in [1.54, 1.807) is 31.2 Å². The Morgan fingerprint density at radius 3 is 2.52 bits per heavy atom. The number of rotatable bonds is 3. The van der Waals surface area contributed by atoms with Crippen LogP contribution < -0.4 is 5.43 Å². The van der Waals surface area contributed by atoms with Crippen molar-refractivity contribution >= 4 is 23.7 Å². The summed E-state index contributed by atoms with van der Waals surface area (Å²) in [6, 6.07) is 9.07. The van der Waals surface area contributed by atoms with Gasteiger partial charge in [0.2, 0.25) is 0 Å². The van der Waals surface area contributed by atoms with Crippen molar-refractivity contribution in [1.82, 2.24) is 5.43 Å². The molecule has 0 saturated heterocycles. The molecule has 0 fully saturated rings. The number of hydrogen-bond acceptors (Lipinski definition) is 4. The second kappa shape index (κ2) is 6.28. The fourth-order valence-electron chi connectivity index (χ4n) is 1.75. The van der Waals surface area contributed by atoms with E-state index in [0.29, 0.717) is 21.7 Å². The molecule has 0 spiro atoms. The van der Waals surface area contributed by atoms with E-state index in [1.807, 2.05) is 0 Å². The minimum atomic E-state index is -0.390. The van der Waals surface area contributed by atoms with Gasteiger partial charge < -0.3 is 10.2 Å². The standard InChI is InChI=1S/C15H13ClN2O3/c1-9-6-12(19)7-14(20)13(9)8-17-18-15(21)10-2-4-11(16)5-3-10/h2-8,19-20H,1H3,(H,18,21)/b17-8-. The van der Waals surface area contributed by atoms with E-state index in [1.165, 1.54) is 18.3 Å². The van der Waals surface area contributed by atoms with Crippen molar-refractivity contribution in [3.63, 3.8) is 0 Å². The van der Waals surface area contributed by atoms with Gasteiger partial charge in [-0.2, -0.15) is 5.10 Å². The predicted molar refractivity (Wildman–Crippen MR) is 81.0 cm³/mol. The Hall–Kier alpha value is -2.53. The lowest BCUT2D eigenvalue weighted by Gasteiger charge is -2.04. The van der Waals surface area contributed by atoms with Crippen LogP contribution >= 0.6 is 11.6 Å². The highest BCUT2D eigenvalue weighted by Crippen LogP contribution is 2.24. The van der Waals surface area contributed by atoms with E-state index in [-0.39, 0.29) is 17.4 Å². The fourth-order valence-corrected chi connectivity index (χ4v) is 1.88. The van der Waals surface area contributed by atoms with Crippen LogP contribution in [0.2, 0.25) is 5.02 Å². The van der Waals surface area contributed by atoms with Crippen LogP contribution in [0.1, 0.15) is 21.5 Å². The van der Waals surface area contributed by atoms with E-state index < -0.39 is 0 Å². The molecule has 0 aliphatic carbocycles. The van der Waals surface area contributed by atoms with Crippen LogP contribution in [0.4, 0.5) is 0 Å². The number of carbonyl (C=O) groups is 1. The van der Waals surface area contributed by atoms with Crippen molar-refractivity contribution in [2.24, 2.45) is 5.10 Å². The molecule has 2 aromatic carbocycles. The Labute approximate surface area is 126 Å². The number of phenols is 2. The minimum absolute atomic E-state index is 0.0349. The molecule has 1 amide bonds. The van der Waals surface area contributed by atoms with E-state index >= 15 is 0 Å². The maximum Gasteiger partial charge on any atom is 0.271 e. The Morgan fingerprint density at radius 2 is 1.90 bits per heavy atom. The zero-order chi connectivity index (χ0) is 15.4. The molecule has 108 valence electrons. The molecule has 5 nitrogen and oxygen atoms in total. The topological polar surface area (TPSA) is 81.9 Å². The number of aryl methyl sites for hydroxylation is 1. The average molecular weight is 305 g/mol. The Bertz CT molecular complexity index is 674. The molecule has 6 heteroatoms. The van der Waals surface area contributed by atoms with Gasteiger partial charge in [-0.15, -0.1) is 0 Å². The van der Waals surface area contributed by atoms with E-state index in [4.69, 9.17) is 11.6 Å². The lowest BCUT2D eigenvalue weighted by molar-refractivity contribution is 0.0955. The highest BCUT2D eigenvalue weighted by Gasteiger charge is 2.06. The van der Waals surface area contributed by atoms with Crippen molar-refractivity contribution in [3.8, 4) is 11.5 Å². The number of phenolic OH excluding ortho intramolecular Hbond substituents is 2. The maximum atomic E-state index is 11.8. The van der Waals surface area contributed by atoms with Gasteiger partial charge in [0.05, 0.1) is 6.21 Å². The fraction of sp³-hybridized carbons (Fsp3) is 0.0667. The summed E-state index contributed by atoms with van der Waals surface area (Å²) in [5, 5.41) is 23.4. The Balaban J connectivity index is 2.09. The first-order valence-electron chi connectivity index (χ1n) is 6.09. The molecular weight excluding hydrogens is 292 g/mol. The Kier molecular flexibility index (Phi) is 4.45. The third kappa shape index (κ3) is 3.73. The molecule has 0 unspecified atom stereocenters. The maximum absolute atomic E-state index is 11.8. The first kappa shape index (κ1) is 14.9. The van der Waals surface area contributed by atoms with Gasteiger partial charge in [-0.1, -0.05) is 11.6 Å². The van der Waals surface area contributed by atoms with Gasteiger partial charge >= 0.3 is 0 Å². The molecule has 0 bridgehead atoms. The van der Waals surface area contributed by atoms with Crippen molar-refractivity contribution in [2.75, 3.05) is 0 Å². The van der Waals surface area contributed by atoms with E-state index in [9.17, 15) is 15.0 Å². The van der Waals surface area contributed by atoms with Gasteiger partial charge in [-0.3, -0.25) is 4.79 Å². The van der Waals surface area contributed by atoms with Crippen molar-refractivity contribution in [2.45, 2.75) is 6.92 Å². The molecule has 21 heavy (non-hydrogen) atoms. The molecule has 0 aromatic heterocycles. The second-order valence-electron chi connectivity index (χ2n) is 4.40. The number of halogens is 1. The summed E-state index contributed by atoms with van der Waals surface area (Å²) in [6.45, 7) is 1.71. The summed E-state index contributed by atoms with van der Waals surface area (Å²) in [5.74, 6) is -0.539. The van der Waals surface area contributed by atoms with Crippen LogP contribution in [0.15, 0.2) is 41.5 Å². The minimum Gasteiger partial charge on any atom is -0.508 e. The quantitative estimate of drug-likeness (QED) is 0.602. The van der Waals surface area contributed by atoms with Crippen LogP contribution in [0, 0.1) is 6.92 Å². The number of nitrogens with zero attached hydrogens (tertiary/aromatic N) is 1. The third-order valence-electron chi connectivity index (χ3n) is 2.82. The van der Waals surface area contributed by atoms with Crippen LogP contribution in [0.3, 0.4) is 0 Å². The predicted octanol–water partition coefficient (Wildman–Crippen LogP) is 2.82. The lowest BCUT2D eigenvalue weighted by Crippen LogP contribution is -2.17. The molecule has 0 heterocycles. The smallest absolute Gasteiger partial charge is 0.271 e. The van der Waals surface area contributed by atoms with Crippen LogP contribution in [-0.2, 0) is 0 Å². The van der Waals surface area contributed by atoms with Crippen molar-refractivity contribution in [3.05, 3.63) is 58.1 Å². The summed E-state index contributed by atoms with van der Waals surface area (Å²) in [5.41, 5.74) is 3.83. The largest absolute Gasteiger partial charge is 0.508 e. The number of carbonyl (C=O) groups excluding carboxylic acids is 1. The first-order chi connectivity index (χ1) is 9.97. The van der Waals surface area contributed by atoms with Crippen LogP contribution in [0.5, 0.6) is 11.5 Å². The van der Waals surface area contributed by atoms with Gasteiger partial charge in [0.25, 0.3) is 5.91 Å². The number of benzene rings is 2. The molecule has 0 aliphatic heterocycles. The van der Waals surface area contributed by atoms with Crippen molar-refractivity contribution < 1.29 is 15.0 Å². The molecule has 2 aromatic rings. The van der Waals surface area contributed by atoms with Gasteiger partial charge in [0.15, 0.2) is 0 Å². The lowest BCUT2D eigenvalue weighted by atomic mass is 10.1.